The first-order valence-corrected chi connectivity index (χ1v) is 19.2. The predicted molar refractivity (Wildman–Crippen MR) is 199 cm³/mol. The van der Waals surface area contributed by atoms with Crippen LogP contribution in [0.2, 0.25) is 0 Å². The average molecular weight is 759 g/mol. The largest absolute Gasteiger partial charge is 0.458 e. The van der Waals surface area contributed by atoms with E-state index < -0.39 is 83.9 Å². The molecule has 1 aromatic carbocycles. The molecule has 0 radical (unpaired) electrons. The molecule has 294 valence electrons. The molecular formula is C39H50N8O8. The van der Waals surface area contributed by atoms with Gasteiger partial charge < -0.3 is 40.7 Å². The van der Waals surface area contributed by atoms with Gasteiger partial charge in [0.15, 0.2) is 0 Å². The molecule has 0 aliphatic carbocycles. The van der Waals surface area contributed by atoms with Crippen molar-refractivity contribution in [3.8, 4) is 0 Å². The van der Waals surface area contributed by atoms with Crippen LogP contribution in [0.5, 0.6) is 0 Å². The molecule has 7 amide bonds. The third kappa shape index (κ3) is 9.06. The first-order valence-electron chi connectivity index (χ1n) is 19.2. The van der Waals surface area contributed by atoms with Crippen molar-refractivity contribution in [1.82, 2.24) is 35.6 Å². The molecule has 8 atom stereocenters. The molecule has 0 spiro atoms. The summed E-state index contributed by atoms with van der Waals surface area (Å²) in [6.45, 7) is 5.71. The molecule has 4 fully saturated rings. The Hall–Kier alpha value is -5.54. The van der Waals surface area contributed by atoms with Gasteiger partial charge in [0.1, 0.15) is 42.4 Å². The van der Waals surface area contributed by atoms with Gasteiger partial charge in [-0.3, -0.25) is 29.0 Å². The normalized spacial score (nSPS) is 28.3. The second kappa shape index (κ2) is 17.3. The summed E-state index contributed by atoms with van der Waals surface area (Å²) < 4.78 is 5.94. The number of nitrogens with zero attached hydrogens (tertiary/aromatic N) is 4. The smallest absolute Gasteiger partial charge is 0.329 e. The molecule has 0 saturated carbocycles. The van der Waals surface area contributed by atoms with Crippen molar-refractivity contribution in [2.45, 2.75) is 108 Å². The van der Waals surface area contributed by atoms with E-state index in [4.69, 9.17) is 4.74 Å². The van der Waals surface area contributed by atoms with Crippen LogP contribution in [0.1, 0.15) is 64.9 Å². The van der Waals surface area contributed by atoms with Gasteiger partial charge >= 0.3 is 12.0 Å². The number of rotatable bonds is 6. The fraction of sp³-hybridized carbons (Fsp3) is 0.538. The molecule has 6 rings (SSSR count). The number of ether oxygens (including phenoxy) is 1. The van der Waals surface area contributed by atoms with Crippen molar-refractivity contribution < 1.29 is 38.3 Å². The molecule has 1 aromatic heterocycles. The monoisotopic (exact) mass is 758 g/mol. The number of benzene rings is 1. The lowest BCUT2D eigenvalue weighted by molar-refractivity contribution is -0.163. The maximum atomic E-state index is 14.7. The number of carbonyl (C=O) groups is 7. The van der Waals surface area contributed by atoms with E-state index in [-0.39, 0.29) is 25.4 Å². The van der Waals surface area contributed by atoms with Crippen LogP contribution in [0.3, 0.4) is 0 Å². The average Bonchev–Trinajstić information content (AvgIpc) is 3.83. The third-order valence-electron chi connectivity index (χ3n) is 10.9. The van der Waals surface area contributed by atoms with Crippen LogP contribution in [-0.2, 0) is 39.9 Å². The highest BCUT2D eigenvalue weighted by Crippen LogP contribution is 2.28. The number of urea groups is 1. The number of fused-ring (bicyclic) bond motifs is 3. The van der Waals surface area contributed by atoms with Crippen LogP contribution in [0.25, 0.3) is 0 Å². The summed E-state index contributed by atoms with van der Waals surface area (Å²) in [7, 11) is 0. The molecule has 2 aromatic rings. The van der Waals surface area contributed by atoms with Crippen molar-refractivity contribution in [3.63, 3.8) is 0 Å². The zero-order valence-electron chi connectivity index (χ0n) is 31.4. The van der Waals surface area contributed by atoms with Gasteiger partial charge in [-0.05, 0) is 76.0 Å². The summed E-state index contributed by atoms with van der Waals surface area (Å²) in [6, 6.07) is 5.23. The first-order chi connectivity index (χ1) is 26.4. The van der Waals surface area contributed by atoms with E-state index in [1.54, 1.807) is 49.5 Å². The lowest BCUT2D eigenvalue weighted by atomic mass is 9.99. The van der Waals surface area contributed by atoms with Gasteiger partial charge in [-0.25, -0.2) is 9.59 Å². The topological polar surface area (TPSA) is 199 Å². The maximum Gasteiger partial charge on any atom is 0.329 e. The van der Waals surface area contributed by atoms with E-state index in [0.29, 0.717) is 50.8 Å². The molecule has 4 N–H and O–H groups in total. The number of esters is 1. The Balaban J connectivity index is 1.32. The van der Waals surface area contributed by atoms with Gasteiger partial charge in [0.25, 0.3) is 0 Å². The summed E-state index contributed by atoms with van der Waals surface area (Å²) in [6.07, 6.45) is 4.72. The predicted octanol–water partition coefficient (Wildman–Crippen LogP) is 1.36. The molecule has 55 heavy (non-hydrogen) atoms. The fourth-order valence-corrected chi connectivity index (χ4v) is 8.04. The number of pyridine rings is 1. The van der Waals surface area contributed by atoms with Crippen molar-refractivity contribution in [2.75, 3.05) is 25.0 Å². The Morgan fingerprint density at radius 1 is 0.855 bits per heavy atom. The van der Waals surface area contributed by atoms with Gasteiger partial charge in [0, 0.05) is 32.3 Å². The highest BCUT2D eigenvalue weighted by Gasteiger charge is 2.47. The minimum Gasteiger partial charge on any atom is -0.458 e. The maximum absolute atomic E-state index is 14.7. The number of nitrogens with one attached hydrogen (secondary N) is 4. The quantitative estimate of drug-likeness (QED) is 0.314. The fourth-order valence-electron chi connectivity index (χ4n) is 8.04. The number of cyclic esters (lactones) is 1. The second-order valence-corrected chi connectivity index (χ2v) is 15.0. The number of carbonyl (C=O) groups excluding carboxylic acids is 7. The molecular weight excluding hydrogens is 708 g/mol. The van der Waals surface area contributed by atoms with Crippen LogP contribution < -0.4 is 21.3 Å². The van der Waals surface area contributed by atoms with Crippen LogP contribution >= 0.6 is 0 Å². The first kappa shape index (κ1) is 39.2. The molecule has 4 aliphatic heterocycles. The zero-order chi connectivity index (χ0) is 39.2. The lowest BCUT2D eigenvalue weighted by Gasteiger charge is -2.39. The van der Waals surface area contributed by atoms with Crippen LogP contribution in [0.15, 0.2) is 54.9 Å². The van der Waals surface area contributed by atoms with E-state index in [0.717, 1.165) is 5.56 Å². The lowest BCUT2D eigenvalue weighted by Crippen LogP contribution is -2.63. The highest BCUT2D eigenvalue weighted by molar-refractivity contribution is 5.98. The van der Waals surface area contributed by atoms with E-state index in [1.165, 1.54) is 27.8 Å². The van der Waals surface area contributed by atoms with Crippen LogP contribution in [-0.4, -0.2) is 123 Å². The number of amides is 7. The van der Waals surface area contributed by atoms with Crippen molar-refractivity contribution in [2.24, 2.45) is 5.92 Å². The van der Waals surface area contributed by atoms with E-state index in [9.17, 15) is 33.6 Å². The standard InChI is InChI=1S/C39H50N8O8/c1-23-19-31-38(53)55-25(3)32(44-33(48)28(20-26-11-5-4-6-12-26)43-39(54)42-27-13-9-16-40-21-27)37(52)46-18-10-15-30(46)36(51)45-17-8-7-14-29(45)34(49)41-24(2)35(50)47(31)22-23/h4-6,9,11-13,16,21,23-25,28-32H,7-8,10,14-15,17-20,22H2,1-3H3,(H,41,49)(H,44,48)(H2,42,43,54). The minimum atomic E-state index is -1.47. The Labute approximate surface area is 320 Å². The van der Waals surface area contributed by atoms with Crippen molar-refractivity contribution in [3.05, 3.63) is 60.4 Å². The number of hydrogen-bond donors (Lipinski definition) is 4. The van der Waals surface area contributed by atoms with Gasteiger partial charge in [0.05, 0.1) is 11.9 Å². The summed E-state index contributed by atoms with van der Waals surface area (Å²) in [5.74, 6) is -3.51. The highest BCUT2D eigenvalue weighted by atomic mass is 16.5. The zero-order valence-corrected chi connectivity index (χ0v) is 31.4. The summed E-state index contributed by atoms with van der Waals surface area (Å²) in [5, 5.41) is 10.9. The van der Waals surface area contributed by atoms with Crippen LogP contribution in [0.4, 0.5) is 10.5 Å². The summed E-state index contributed by atoms with van der Waals surface area (Å²) in [5.41, 5.74) is 1.13. The molecule has 4 saturated heterocycles. The SMILES string of the molecule is CC1CC2C(=O)OC(C)C(NC(=O)C(Cc3ccccc3)NC(=O)Nc3cccnc3)C(=O)N3CCCC3C(=O)N3CCCCC3C(=O)NC(C)C(=O)N2C1. The Morgan fingerprint density at radius 2 is 1.58 bits per heavy atom. The molecule has 0 bridgehead atoms. The molecule has 16 heteroatoms. The number of aromatic nitrogens is 1. The van der Waals surface area contributed by atoms with Gasteiger partial charge in [-0.1, -0.05) is 37.3 Å². The second-order valence-electron chi connectivity index (χ2n) is 15.0. The third-order valence-corrected chi connectivity index (χ3v) is 10.9. The summed E-state index contributed by atoms with van der Waals surface area (Å²) in [4.78, 5) is 106. The Bertz CT molecular complexity index is 1760. The number of hydrogen-bond acceptors (Lipinski definition) is 9. The van der Waals surface area contributed by atoms with Crippen molar-refractivity contribution in [1.29, 1.82) is 0 Å². The van der Waals surface area contributed by atoms with Gasteiger partial charge in [-0.15, -0.1) is 0 Å². The summed E-state index contributed by atoms with van der Waals surface area (Å²) >= 11 is 0. The number of anilines is 1. The van der Waals surface area contributed by atoms with Crippen LogP contribution in [0, 0.1) is 5.92 Å². The number of piperidine rings is 1. The molecule has 5 heterocycles. The van der Waals surface area contributed by atoms with Gasteiger partial charge in [-0.2, -0.15) is 0 Å². The van der Waals surface area contributed by atoms with E-state index in [2.05, 4.69) is 26.3 Å². The van der Waals surface area contributed by atoms with E-state index >= 15 is 0 Å². The minimum absolute atomic E-state index is 0.0562. The van der Waals surface area contributed by atoms with Gasteiger partial charge in [0.2, 0.25) is 29.5 Å². The molecule has 8 unspecified atom stereocenters. The Kier molecular flexibility index (Phi) is 12.3. The van der Waals surface area contributed by atoms with Crippen molar-refractivity contribution >= 4 is 47.2 Å². The van der Waals surface area contributed by atoms with E-state index in [1.807, 2.05) is 13.0 Å². The molecule has 4 aliphatic rings. The molecule has 16 nitrogen and oxygen atoms in total. The Morgan fingerprint density at radius 3 is 2.33 bits per heavy atom.